The van der Waals surface area contributed by atoms with Crippen molar-refractivity contribution < 1.29 is 9.53 Å². The van der Waals surface area contributed by atoms with E-state index in [2.05, 4.69) is 16.5 Å². The van der Waals surface area contributed by atoms with Crippen LogP contribution in [0.25, 0.3) is 0 Å². The summed E-state index contributed by atoms with van der Waals surface area (Å²) in [5.74, 6) is 1.84. The lowest BCUT2D eigenvalue weighted by Crippen LogP contribution is -2.38. The zero-order chi connectivity index (χ0) is 17.3. The quantitative estimate of drug-likeness (QED) is 0.911. The fourth-order valence-electron chi connectivity index (χ4n) is 3.16. The summed E-state index contributed by atoms with van der Waals surface area (Å²) in [5.41, 5.74) is 3.14. The number of rotatable bonds is 5. The molecule has 2 aromatic rings. The molecule has 6 heteroatoms. The molecule has 1 fully saturated rings. The van der Waals surface area contributed by atoms with E-state index in [0.29, 0.717) is 13.1 Å². The Bertz CT molecular complexity index is 753. The summed E-state index contributed by atoms with van der Waals surface area (Å²) in [5, 5.41) is 7.69. The maximum Gasteiger partial charge on any atom is 0.245 e. The van der Waals surface area contributed by atoms with Gasteiger partial charge in [0.25, 0.3) is 0 Å². The van der Waals surface area contributed by atoms with Crippen molar-refractivity contribution in [3.8, 4) is 5.75 Å². The molecule has 3 rings (SSSR count). The standard InChI is InChI=1S/C18H24N4O2/c1-12-5-6-14(10-16(12)24-4)11-19-15-7-8-22(18(15)23)17-9-13(2)20-21(17)3/h5-6,9-10,15,19H,7-8,11H2,1-4H3. The van der Waals surface area contributed by atoms with Crippen LogP contribution in [0.15, 0.2) is 24.3 Å². The predicted octanol–water partition coefficient (Wildman–Crippen LogP) is 1.94. The third-order valence-electron chi connectivity index (χ3n) is 4.48. The Balaban J connectivity index is 1.65. The lowest BCUT2D eigenvalue weighted by Gasteiger charge is -2.17. The Kier molecular flexibility index (Phi) is 4.57. The van der Waals surface area contributed by atoms with Gasteiger partial charge in [0.1, 0.15) is 11.6 Å². The SMILES string of the molecule is COc1cc(CNC2CCN(c3cc(C)nn3C)C2=O)ccc1C. The molecule has 2 heterocycles. The second-order valence-corrected chi connectivity index (χ2v) is 6.28. The fourth-order valence-corrected chi connectivity index (χ4v) is 3.16. The van der Waals surface area contributed by atoms with Crippen molar-refractivity contribution in [2.45, 2.75) is 32.9 Å². The molecule has 1 aromatic heterocycles. The van der Waals surface area contributed by atoms with Crippen LogP contribution in [0.1, 0.15) is 23.2 Å². The van der Waals surface area contributed by atoms with Crippen LogP contribution < -0.4 is 15.0 Å². The average molecular weight is 328 g/mol. The molecule has 0 saturated carbocycles. The molecule has 6 nitrogen and oxygen atoms in total. The van der Waals surface area contributed by atoms with E-state index in [-0.39, 0.29) is 11.9 Å². The first-order valence-corrected chi connectivity index (χ1v) is 8.18. The maximum atomic E-state index is 12.7. The van der Waals surface area contributed by atoms with Crippen LogP contribution in [0.2, 0.25) is 0 Å². The van der Waals surface area contributed by atoms with Crippen LogP contribution in [0, 0.1) is 13.8 Å². The zero-order valence-corrected chi connectivity index (χ0v) is 14.7. The Morgan fingerprint density at radius 2 is 2.12 bits per heavy atom. The van der Waals surface area contributed by atoms with Crippen LogP contribution in [0.5, 0.6) is 5.75 Å². The highest BCUT2D eigenvalue weighted by molar-refractivity contribution is 5.98. The molecule has 1 atom stereocenters. The monoisotopic (exact) mass is 328 g/mol. The number of hydrogen-bond donors (Lipinski definition) is 1. The lowest BCUT2D eigenvalue weighted by molar-refractivity contribution is -0.118. The van der Waals surface area contributed by atoms with Gasteiger partial charge < -0.3 is 10.1 Å². The van der Waals surface area contributed by atoms with E-state index in [1.54, 1.807) is 11.8 Å². The van der Waals surface area contributed by atoms with Crippen molar-refractivity contribution in [2.75, 3.05) is 18.6 Å². The molecule has 1 aliphatic heterocycles. The summed E-state index contributed by atoms with van der Waals surface area (Å²) in [4.78, 5) is 14.5. The van der Waals surface area contributed by atoms with Gasteiger partial charge in [0.15, 0.2) is 0 Å². The first-order valence-electron chi connectivity index (χ1n) is 8.18. The summed E-state index contributed by atoms with van der Waals surface area (Å²) < 4.78 is 7.12. The van der Waals surface area contributed by atoms with E-state index in [1.807, 2.05) is 44.0 Å². The van der Waals surface area contributed by atoms with Gasteiger partial charge in [0, 0.05) is 26.2 Å². The summed E-state index contributed by atoms with van der Waals surface area (Å²) in [6, 6.07) is 7.91. The molecule has 1 amide bonds. The molecule has 1 unspecified atom stereocenters. The summed E-state index contributed by atoms with van der Waals surface area (Å²) >= 11 is 0. The number of hydrogen-bond acceptors (Lipinski definition) is 4. The topological polar surface area (TPSA) is 59.4 Å². The van der Waals surface area contributed by atoms with E-state index < -0.39 is 0 Å². The molecule has 0 bridgehead atoms. The molecule has 0 spiro atoms. The Hall–Kier alpha value is -2.34. The minimum Gasteiger partial charge on any atom is -0.496 e. The first-order chi connectivity index (χ1) is 11.5. The molecular weight excluding hydrogens is 304 g/mol. The van der Waals surface area contributed by atoms with E-state index in [9.17, 15) is 4.79 Å². The highest BCUT2D eigenvalue weighted by Gasteiger charge is 2.33. The molecule has 128 valence electrons. The molecule has 1 aromatic carbocycles. The molecular formula is C18H24N4O2. The van der Waals surface area contributed by atoms with Crippen molar-refractivity contribution in [2.24, 2.45) is 7.05 Å². The molecule has 24 heavy (non-hydrogen) atoms. The van der Waals surface area contributed by atoms with Gasteiger partial charge in [-0.2, -0.15) is 5.10 Å². The number of aryl methyl sites for hydroxylation is 3. The van der Waals surface area contributed by atoms with Crippen molar-refractivity contribution >= 4 is 11.7 Å². The van der Waals surface area contributed by atoms with Gasteiger partial charge in [-0.25, -0.2) is 0 Å². The molecule has 1 saturated heterocycles. The summed E-state index contributed by atoms with van der Waals surface area (Å²) in [7, 11) is 3.54. The van der Waals surface area contributed by atoms with Gasteiger partial charge in [-0.05, 0) is 37.5 Å². The van der Waals surface area contributed by atoms with Gasteiger partial charge in [-0.15, -0.1) is 0 Å². The normalized spacial score (nSPS) is 17.6. The second kappa shape index (κ2) is 6.65. The zero-order valence-electron chi connectivity index (χ0n) is 14.7. The van der Waals surface area contributed by atoms with Gasteiger partial charge in [0.05, 0.1) is 18.8 Å². The van der Waals surface area contributed by atoms with E-state index in [1.165, 1.54) is 0 Å². The van der Waals surface area contributed by atoms with Crippen molar-refractivity contribution in [1.82, 2.24) is 15.1 Å². The molecule has 0 radical (unpaired) electrons. The van der Waals surface area contributed by atoms with Gasteiger partial charge in [0.2, 0.25) is 5.91 Å². The Morgan fingerprint density at radius 3 is 2.79 bits per heavy atom. The number of benzene rings is 1. The number of ether oxygens (including phenoxy) is 1. The number of carbonyl (C=O) groups excluding carboxylic acids is 1. The first kappa shape index (κ1) is 16.5. The van der Waals surface area contributed by atoms with Crippen LogP contribution in [0.4, 0.5) is 5.82 Å². The molecule has 0 aliphatic carbocycles. The van der Waals surface area contributed by atoms with E-state index in [0.717, 1.165) is 34.8 Å². The number of amides is 1. The minimum atomic E-state index is -0.160. The minimum absolute atomic E-state index is 0.108. The van der Waals surface area contributed by atoms with Gasteiger partial charge in [-0.1, -0.05) is 12.1 Å². The number of nitrogens with one attached hydrogen (secondary N) is 1. The Morgan fingerprint density at radius 1 is 1.33 bits per heavy atom. The molecule has 1 N–H and O–H groups in total. The lowest BCUT2D eigenvalue weighted by atomic mass is 10.1. The number of nitrogens with zero attached hydrogens (tertiary/aromatic N) is 3. The molecule has 1 aliphatic rings. The van der Waals surface area contributed by atoms with Crippen molar-refractivity contribution in [1.29, 1.82) is 0 Å². The number of methoxy groups -OCH3 is 1. The van der Waals surface area contributed by atoms with Crippen LogP contribution in [-0.2, 0) is 18.4 Å². The third kappa shape index (κ3) is 3.14. The van der Waals surface area contributed by atoms with Crippen LogP contribution in [0.3, 0.4) is 0 Å². The van der Waals surface area contributed by atoms with Crippen LogP contribution in [-0.4, -0.2) is 35.4 Å². The van der Waals surface area contributed by atoms with Gasteiger partial charge in [-0.3, -0.25) is 14.4 Å². The van der Waals surface area contributed by atoms with Crippen LogP contribution >= 0.6 is 0 Å². The fraction of sp³-hybridized carbons (Fsp3) is 0.444. The number of aromatic nitrogens is 2. The predicted molar refractivity (Wildman–Crippen MR) is 93.3 cm³/mol. The van der Waals surface area contributed by atoms with E-state index in [4.69, 9.17) is 4.74 Å². The highest BCUT2D eigenvalue weighted by atomic mass is 16.5. The Labute approximate surface area is 142 Å². The van der Waals surface area contributed by atoms with Crippen molar-refractivity contribution in [3.63, 3.8) is 0 Å². The smallest absolute Gasteiger partial charge is 0.245 e. The number of anilines is 1. The van der Waals surface area contributed by atoms with E-state index >= 15 is 0 Å². The highest BCUT2D eigenvalue weighted by Crippen LogP contribution is 2.23. The number of carbonyl (C=O) groups is 1. The maximum absolute atomic E-state index is 12.7. The second-order valence-electron chi connectivity index (χ2n) is 6.28. The summed E-state index contributed by atoms with van der Waals surface area (Å²) in [6.45, 7) is 5.31. The average Bonchev–Trinajstić information content (AvgIpc) is 3.08. The summed E-state index contributed by atoms with van der Waals surface area (Å²) in [6.07, 6.45) is 0.798. The largest absolute Gasteiger partial charge is 0.496 e. The van der Waals surface area contributed by atoms with Gasteiger partial charge >= 0.3 is 0 Å². The third-order valence-corrected chi connectivity index (χ3v) is 4.48. The van der Waals surface area contributed by atoms with Crippen molar-refractivity contribution in [3.05, 3.63) is 41.1 Å².